The van der Waals surface area contributed by atoms with Crippen molar-refractivity contribution >= 4 is 5.97 Å². The molecule has 0 bridgehead atoms. The first kappa shape index (κ1) is 24.0. The van der Waals surface area contributed by atoms with Crippen molar-refractivity contribution in [2.75, 3.05) is 0 Å². The molecule has 2 fully saturated rings. The van der Waals surface area contributed by atoms with Crippen molar-refractivity contribution in [3.8, 4) is 6.07 Å². The van der Waals surface area contributed by atoms with E-state index in [1.807, 2.05) is 6.08 Å². The summed E-state index contributed by atoms with van der Waals surface area (Å²) in [6.07, 6.45) is 6.23. The summed E-state index contributed by atoms with van der Waals surface area (Å²) in [5, 5.41) is 8.39. The highest BCUT2D eigenvalue weighted by atomic mass is 19.4. The Morgan fingerprint density at radius 1 is 1.00 bits per heavy atom. The lowest BCUT2D eigenvalue weighted by Gasteiger charge is -2.31. The number of alkyl halides is 3. The van der Waals surface area contributed by atoms with Crippen LogP contribution in [0.25, 0.3) is 0 Å². The van der Waals surface area contributed by atoms with Crippen molar-refractivity contribution in [3.63, 3.8) is 0 Å². The smallest absolute Gasteiger partial charge is 0.416 e. The lowest BCUT2D eigenvalue weighted by molar-refractivity contribution is -0.157. The van der Waals surface area contributed by atoms with Gasteiger partial charge in [-0.2, -0.15) is 22.8 Å². The summed E-state index contributed by atoms with van der Waals surface area (Å²) in [7, 11) is 0. The molecule has 172 valence electrons. The first-order chi connectivity index (χ1) is 15.3. The van der Waals surface area contributed by atoms with Crippen molar-refractivity contribution in [3.05, 3.63) is 59.4 Å². The zero-order valence-corrected chi connectivity index (χ0v) is 17.8. The fourth-order valence-corrected chi connectivity index (χ4v) is 4.60. The lowest BCUT2D eigenvalue weighted by atomic mass is 9.78. The number of rotatable bonds is 5. The molecular formula is C25H27F4NO2. The van der Waals surface area contributed by atoms with Gasteiger partial charge in [-0.15, -0.1) is 0 Å². The Hall–Kier alpha value is -2.62. The maximum atomic E-state index is 12.8. The van der Waals surface area contributed by atoms with Crippen LogP contribution in [0.2, 0.25) is 0 Å². The van der Waals surface area contributed by atoms with E-state index in [1.165, 1.54) is 6.07 Å². The van der Waals surface area contributed by atoms with Gasteiger partial charge in [0.25, 0.3) is 0 Å². The minimum Gasteiger partial charge on any atom is -0.462 e. The summed E-state index contributed by atoms with van der Waals surface area (Å²) in [5.41, 5.74) is 0.246. The number of hydrogen-bond acceptors (Lipinski definition) is 3. The molecule has 0 heterocycles. The number of esters is 1. The van der Waals surface area contributed by atoms with E-state index in [2.05, 4.69) is 0 Å². The van der Waals surface area contributed by atoms with Crippen molar-refractivity contribution in [2.45, 2.75) is 69.6 Å². The normalized spacial score (nSPS) is 27.2. The molecule has 0 unspecified atom stereocenters. The predicted molar refractivity (Wildman–Crippen MR) is 112 cm³/mol. The van der Waals surface area contributed by atoms with Gasteiger partial charge in [0, 0.05) is 0 Å². The first-order valence-electron chi connectivity index (χ1n) is 11.1. The molecule has 2 saturated carbocycles. The van der Waals surface area contributed by atoms with Crippen LogP contribution in [-0.2, 0) is 15.7 Å². The van der Waals surface area contributed by atoms with E-state index in [4.69, 9.17) is 10.00 Å². The number of halogens is 4. The highest BCUT2D eigenvalue weighted by Gasteiger charge is 2.32. The average molecular weight is 449 g/mol. The van der Waals surface area contributed by atoms with Gasteiger partial charge in [-0.25, -0.2) is 0 Å². The quantitative estimate of drug-likeness (QED) is 0.210. The molecule has 1 aromatic carbocycles. The third-order valence-corrected chi connectivity index (χ3v) is 6.50. The van der Waals surface area contributed by atoms with Crippen molar-refractivity contribution < 1.29 is 27.1 Å². The largest absolute Gasteiger partial charge is 0.462 e. The molecule has 0 aliphatic heterocycles. The molecule has 0 amide bonds. The number of ether oxygens (including phenoxy) is 1. The summed E-state index contributed by atoms with van der Waals surface area (Å²) in [4.78, 5) is 12.6. The minimum atomic E-state index is -4.33. The second-order valence-electron chi connectivity index (χ2n) is 8.65. The van der Waals surface area contributed by atoms with Crippen LogP contribution in [0, 0.1) is 23.2 Å². The monoisotopic (exact) mass is 449 g/mol. The van der Waals surface area contributed by atoms with Gasteiger partial charge in [0.15, 0.2) is 5.83 Å². The Labute approximate surface area is 185 Å². The van der Waals surface area contributed by atoms with E-state index >= 15 is 0 Å². The highest BCUT2D eigenvalue weighted by molar-refractivity contribution is 5.72. The topological polar surface area (TPSA) is 50.1 Å². The fourth-order valence-electron chi connectivity index (χ4n) is 4.60. The summed E-state index contributed by atoms with van der Waals surface area (Å²) < 4.78 is 56.7. The molecule has 0 atom stereocenters. The van der Waals surface area contributed by atoms with Gasteiger partial charge >= 0.3 is 12.1 Å². The molecule has 2 aliphatic rings. The molecule has 0 spiro atoms. The number of carbonyl (C=O) groups excluding carboxylic acids is 1. The Kier molecular flexibility index (Phi) is 8.11. The van der Waals surface area contributed by atoms with E-state index in [0.29, 0.717) is 12.8 Å². The second-order valence-corrected chi connectivity index (χ2v) is 8.65. The molecule has 7 heteroatoms. The van der Waals surface area contributed by atoms with Gasteiger partial charge in [0.05, 0.1) is 11.5 Å². The van der Waals surface area contributed by atoms with Crippen LogP contribution in [0.15, 0.2) is 48.3 Å². The SMILES string of the molecule is N#CC(F)=CC=CC1CCC(OC(=O)C2CCC(c3ccc(C(F)(F)F)cc3)CC2)CC1. The molecule has 3 rings (SSSR count). The second kappa shape index (κ2) is 10.8. The number of nitrogens with zero attached hydrogens (tertiary/aromatic N) is 1. The predicted octanol–water partition coefficient (Wildman–Crippen LogP) is 7.01. The molecule has 1 aromatic rings. The van der Waals surface area contributed by atoms with Crippen LogP contribution in [0.1, 0.15) is 68.4 Å². The minimum absolute atomic E-state index is 0.105. The third-order valence-electron chi connectivity index (χ3n) is 6.50. The molecule has 0 aromatic heterocycles. The van der Waals surface area contributed by atoms with Crippen LogP contribution < -0.4 is 0 Å². The molecule has 0 radical (unpaired) electrons. The van der Waals surface area contributed by atoms with E-state index in [9.17, 15) is 22.4 Å². The number of benzene rings is 1. The number of allylic oxidation sites excluding steroid dienone is 4. The molecule has 32 heavy (non-hydrogen) atoms. The molecule has 2 aliphatic carbocycles. The van der Waals surface area contributed by atoms with Crippen LogP contribution in [0.5, 0.6) is 0 Å². The van der Waals surface area contributed by atoms with Gasteiger partial charge in [0.2, 0.25) is 0 Å². The number of carbonyl (C=O) groups is 1. The van der Waals surface area contributed by atoms with Crippen LogP contribution in [0.3, 0.4) is 0 Å². The van der Waals surface area contributed by atoms with E-state index in [0.717, 1.165) is 62.3 Å². The van der Waals surface area contributed by atoms with Crippen molar-refractivity contribution in [1.29, 1.82) is 5.26 Å². The Balaban J connectivity index is 1.41. The molecule has 3 nitrogen and oxygen atoms in total. The van der Waals surface area contributed by atoms with Crippen LogP contribution in [0.4, 0.5) is 17.6 Å². The van der Waals surface area contributed by atoms with Gasteiger partial charge in [0.1, 0.15) is 12.2 Å². The average Bonchev–Trinajstić information content (AvgIpc) is 2.79. The zero-order valence-electron chi connectivity index (χ0n) is 17.8. The summed E-state index contributed by atoms with van der Waals surface area (Å²) in [6.45, 7) is 0. The van der Waals surface area contributed by atoms with E-state index in [-0.39, 0.29) is 29.8 Å². The Bertz CT molecular complexity index is 867. The number of nitriles is 1. The molecule has 0 N–H and O–H groups in total. The highest BCUT2D eigenvalue weighted by Crippen LogP contribution is 2.38. The van der Waals surface area contributed by atoms with Crippen LogP contribution in [-0.4, -0.2) is 12.1 Å². The van der Waals surface area contributed by atoms with Crippen LogP contribution >= 0.6 is 0 Å². The van der Waals surface area contributed by atoms with Gasteiger partial charge in [-0.1, -0.05) is 24.3 Å². The lowest BCUT2D eigenvalue weighted by Crippen LogP contribution is -2.29. The summed E-state index contributed by atoms with van der Waals surface area (Å²) in [6, 6.07) is 6.76. The number of hydrogen-bond donors (Lipinski definition) is 0. The third kappa shape index (κ3) is 6.69. The fraction of sp³-hybridized carbons (Fsp3) is 0.520. The summed E-state index contributed by atoms with van der Waals surface area (Å²) >= 11 is 0. The van der Waals surface area contributed by atoms with Gasteiger partial charge in [-0.05, 0) is 87.0 Å². The van der Waals surface area contributed by atoms with Crippen molar-refractivity contribution in [1.82, 2.24) is 0 Å². The van der Waals surface area contributed by atoms with Gasteiger partial charge < -0.3 is 4.74 Å². The molecule has 0 saturated heterocycles. The maximum absolute atomic E-state index is 12.8. The standard InChI is InChI=1S/C25H27F4NO2/c26-22(16-30)3-1-2-17-4-14-23(15-5-17)32-24(31)20-8-6-18(7-9-20)19-10-12-21(13-11-19)25(27,28)29/h1-3,10-13,17-18,20,23H,4-9,14-15H2. The Morgan fingerprint density at radius 3 is 2.19 bits per heavy atom. The van der Waals surface area contributed by atoms with Gasteiger partial charge in [-0.3, -0.25) is 4.79 Å². The van der Waals surface area contributed by atoms with E-state index in [1.54, 1.807) is 18.2 Å². The van der Waals surface area contributed by atoms with Crippen molar-refractivity contribution in [2.24, 2.45) is 11.8 Å². The maximum Gasteiger partial charge on any atom is 0.416 e. The zero-order chi connectivity index (χ0) is 23.1. The van der Waals surface area contributed by atoms with E-state index < -0.39 is 17.6 Å². The summed E-state index contributed by atoms with van der Waals surface area (Å²) in [5.74, 6) is -0.696. The Morgan fingerprint density at radius 2 is 1.62 bits per heavy atom. The molecular weight excluding hydrogens is 422 g/mol. The first-order valence-corrected chi connectivity index (χ1v) is 11.1.